The van der Waals surface area contributed by atoms with E-state index in [0.717, 1.165) is 6.20 Å². The number of nitrogens with zero attached hydrogens (tertiary/aromatic N) is 1. The van der Waals surface area contributed by atoms with Crippen LogP contribution in [0, 0.1) is 17.7 Å². The van der Waals surface area contributed by atoms with Crippen LogP contribution in [0.5, 0.6) is 5.88 Å². The van der Waals surface area contributed by atoms with E-state index in [9.17, 15) is 9.18 Å². The van der Waals surface area contributed by atoms with Gasteiger partial charge >= 0.3 is 6.09 Å². The number of ether oxygens (including phenoxy) is 2. The maximum absolute atomic E-state index is 13.5. The Bertz CT molecular complexity index is 491. The monoisotopic (exact) mass is 238 g/mol. The van der Waals surface area contributed by atoms with Gasteiger partial charge in [0.15, 0.2) is 0 Å². The van der Waals surface area contributed by atoms with Crippen LogP contribution in [0.25, 0.3) is 0 Å². The van der Waals surface area contributed by atoms with Gasteiger partial charge < -0.3 is 15.2 Å². The number of hydrogen-bond acceptors (Lipinski definition) is 4. The SMILES string of the molecule is CC#Cc1c(OC)ncc(F)c1COC(N)=O. The van der Waals surface area contributed by atoms with Gasteiger partial charge in [-0.1, -0.05) is 5.92 Å². The molecule has 0 spiro atoms. The topological polar surface area (TPSA) is 74.4 Å². The minimum Gasteiger partial charge on any atom is -0.480 e. The van der Waals surface area contributed by atoms with Gasteiger partial charge in [0.05, 0.1) is 18.9 Å². The van der Waals surface area contributed by atoms with Crippen LogP contribution >= 0.6 is 0 Å². The summed E-state index contributed by atoms with van der Waals surface area (Å²) < 4.78 is 23.0. The Labute approximate surface area is 97.7 Å². The summed E-state index contributed by atoms with van der Waals surface area (Å²) in [5, 5.41) is 0. The van der Waals surface area contributed by atoms with E-state index in [1.165, 1.54) is 7.11 Å². The molecule has 0 fully saturated rings. The first-order chi connectivity index (χ1) is 8.10. The lowest BCUT2D eigenvalue weighted by Crippen LogP contribution is -2.14. The highest BCUT2D eigenvalue weighted by atomic mass is 19.1. The third-order valence-electron chi connectivity index (χ3n) is 1.90. The Kier molecular flexibility index (Phi) is 4.29. The normalized spacial score (nSPS) is 9.12. The Morgan fingerprint density at radius 3 is 2.88 bits per heavy atom. The number of primary amides is 1. The number of halogens is 1. The first-order valence-corrected chi connectivity index (χ1v) is 4.66. The van der Waals surface area contributed by atoms with E-state index >= 15 is 0 Å². The zero-order valence-electron chi connectivity index (χ0n) is 9.41. The van der Waals surface area contributed by atoms with E-state index in [0.29, 0.717) is 0 Å². The molecule has 1 heterocycles. The van der Waals surface area contributed by atoms with Crippen molar-refractivity contribution in [2.45, 2.75) is 13.5 Å². The summed E-state index contributed by atoms with van der Waals surface area (Å²) in [7, 11) is 1.39. The van der Waals surface area contributed by atoms with Crippen molar-refractivity contribution >= 4 is 6.09 Å². The molecule has 0 aliphatic rings. The second kappa shape index (κ2) is 5.70. The predicted molar refractivity (Wildman–Crippen MR) is 57.7 cm³/mol. The Hall–Kier alpha value is -2.29. The van der Waals surface area contributed by atoms with Gasteiger partial charge in [0, 0.05) is 5.56 Å². The van der Waals surface area contributed by atoms with Crippen molar-refractivity contribution in [3.05, 3.63) is 23.1 Å². The van der Waals surface area contributed by atoms with Crippen LogP contribution in [0.3, 0.4) is 0 Å². The smallest absolute Gasteiger partial charge is 0.404 e. The van der Waals surface area contributed by atoms with E-state index in [1.54, 1.807) is 6.92 Å². The van der Waals surface area contributed by atoms with Gasteiger partial charge in [-0.05, 0) is 6.92 Å². The molecule has 0 aliphatic carbocycles. The molecule has 1 amide bonds. The fourth-order valence-corrected chi connectivity index (χ4v) is 1.20. The lowest BCUT2D eigenvalue weighted by Gasteiger charge is -2.09. The van der Waals surface area contributed by atoms with Crippen molar-refractivity contribution in [2.24, 2.45) is 5.73 Å². The van der Waals surface area contributed by atoms with Gasteiger partial charge in [0.1, 0.15) is 12.4 Å². The summed E-state index contributed by atoms with van der Waals surface area (Å²) in [6, 6.07) is 0. The zero-order valence-corrected chi connectivity index (χ0v) is 9.41. The van der Waals surface area contributed by atoms with Crippen LogP contribution in [0.15, 0.2) is 6.20 Å². The Balaban J connectivity index is 3.21. The van der Waals surface area contributed by atoms with Crippen molar-refractivity contribution < 1.29 is 18.7 Å². The molecule has 0 radical (unpaired) electrons. The van der Waals surface area contributed by atoms with E-state index in [2.05, 4.69) is 21.6 Å². The second-order valence-corrected chi connectivity index (χ2v) is 2.95. The molecule has 0 aliphatic heterocycles. The maximum Gasteiger partial charge on any atom is 0.404 e. The molecule has 0 saturated carbocycles. The summed E-state index contributed by atoms with van der Waals surface area (Å²) >= 11 is 0. The lowest BCUT2D eigenvalue weighted by atomic mass is 10.1. The second-order valence-electron chi connectivity index (χ2n) is 2.95. The van der Waals surface area contributed by atoms with Gasteiger partial charge in [-0.2, -0.15) is 0 Å². The number of carbonyl (C=O) groups excluding carboxylic acids is 1. The highest BCUT2D eigenvalue weighted by Crippen LogP contribution is 2.21. The average Bonchev–Trinajstić information content (AvgIpc) is 2.28. The summed E-state index contributed by atoms with van der Waals surface area (Å²) in [6.07, 6.45) is -0.0186. The number of amides is 1. The Morgan fingerprint density at radius 1 is 1.65 bits per heavy atom. The first kappa shape index (κ1) is 12.8. The van der Waals surface area contributed by atoms with E-state index in [1.807, 2.05) is 0 Å². The Morgan fingerprint density at radius 2 is 2.35 bits per heavy atom. The number of aromatic nitrogens is 1. The average molecular weight is 238 g/mol. The van der Waals surface area contributed by atoms with Crippen molar-refractivity contribution in [3.63, 3.8) is 0 Å². The molecule has 0 unspecified atom stereocenters. The van der Waals surface area contributed by atoms with E-state index in [4.69, 9.17) is 10.5 Å². The third kappa shape index (κ3) is 3.08. The summed E-state index contributed by atoms with van der Waals surface area (Å²) in [5.41, 5.74) is 5.15. The molecule has 90 valence electrons. The van der Waals surface area contributed by atoms with Gasteiger partial charge in [0.25, 0.3) is 0 Å². The molecule has 6 heteroatoms. The van der Waals surface area contributed by atoms with Gasteiger partial charge in [-0.15, -0.1) is 5.92 Å². The minimum absolute atomic E-state index is 0.0880. The quantitative estimate of drug-likeness (QED) is 0.803. The van der Waals surface area contributed by atoms with Crippen LogP contribution < -0.4 is 10.5 Å². The molecule has 1 aromatic rings. The van der Waals surface area contributed by atoms with Crippen molar-refractivity contribution in [3.8, 4) is 17.7 Å². The lowest BCUT2D eigenvalue weighted by molar-refractivity contribution is 0.148. The van der Waals surface area contributed by atoms with Crippen molar-refractivity contribution in [1.29, 1.82) is 0 Å². The van der Waals surface area contributed by atoms with Crippen LogP contribution in [-0.2, 0) is 11.3 Å². The standard InChI is InChI=1S/C11H11FN2O3/c1-3-4-7-8(6-17-11(13)15)9(12)5-14-10(7)16-2/h5H,6H2,1-2H3,(H2,13,15). The van der Waals surface area contributed by atoms with Crippen molar-refractivity contribution in [2.75, 3.05) is 7.11 Å². The number of nitrogens with two attached hydrogens (primary N) is 1. The fourth-order valence-electron chi connectivity index (χ4n) is 1.20. The third-order valence-corrected chi connectivity index (χ3v) is 1.90. The molecular formula is C11H11FN2O3. The molecule has 2 N–H and O–H groups in total. The number of methoxy groups -OCH3 is 1. The van der Waals surface area contributed by atoms with Gasteiger partial charge in [0.2, 0.25) is 5.88 Å². The van der Waals surface area contributed by atoms with Crippen molar-refractivity contribution in [1.82, 2.24) is 4.98 Å². The molecule has 0 atom stereocenters. The van der Waals surface area contributed by atoms with Crippen LogP contribution in [0.4, 0.5) is 9.18 Å². The molecule has 0 aromatic carbocycles. The number of rotatable bonds is 3. The largest absolute Gasteiger partial charge is 0.480 e. The highest BCUT2D eigenvalue weighted by molar-refractivity contribution is 5.64. The summed E-state index contributed by atoms with van der Waals surface area (Å²) in [6.45, 7) is 1.27. The van der Waals surface area contributed by atoms with Gasteiger partial charge in [-0.25, -0.2) is 14.2 Å². The fraction of sp³-hybridized carbons (Fsp3) is 0.273. The summed E-state index contributed by atoms with van der Waals surface area (Å²) in [5.74, 6) is 4.79. The minimum atomic E-state index is -0.990. The zero-order chi connectivity index (χ0) is 12.8. The summed E-state index contributed by atoms with van der Waals surface area (Å²) in [4.78, 5) is 14.2. The number of pyridine rings is 1. The van der Waals surface area contributed by atoms with Crippen LogP contribution in [0.2, 0.25) is 0 Å². The molecular weight excluding hydrogens is 227 g/mol. The van der Waals surface area contributed by atoms with Gasteiger partial charge in [-0.3, -0.25) is 0 Å². The predicted octanol–water partition coefficient (Wildman–Crippen LogP) is 1.20. The maximum atomic E-state index is 13.5. The van der Waals surface area contributed by atoms with E-state index < -0.39 is 11.9 Å². The highest BCUT2D eigenvalue weighted by Gasteiger charge is 2.15. The first-order valence-electron chi connectivity index (χ1n) is 4.66. The molecule has 5 nitrogen and oxygen atoms in total. The molecule has 17 heavy (non-hydrogen) atoms. The molecule has 0 bridgehead atoms. The number of hydrogen-bond donors (Lipinski definition) is 1. The number of carbonyl (C=O) groups is 1. The van der Waals surface area contributed by atoms with Crippen LogP contribution in [0.1, 0.15) is 18.1 Å². The molecule has 0 saturated heterocycles. The van der Waals surface area contributed by atoms with Crippen LogP contribution in [-0.4, -0.2) is 18.2 Å². The molecule has 1 aromatic heterocycles. The van der Waals surface area contributed by atoms with E-state index in [-0.39, 0.29) is 23.6 Å². The molecule has 1 rings (SSSR count).